The average molecular weight is 430 g/mol. The minimum absolute atomic E-state index is 0. The average Bonchev–Trinajstić information content (AvgIpc) is 3.14. The zero-order valence-electron chi connectivity index (χ0n) is 16.3. The molecule has 0 aromatic heterocycles. The van der Waals surface area contributed by atoms with Gasteiger partial charge in [0.15, 0.2) is 0 Å². The van der Waals surface area contributed by atoms with Gasteiger partial charge in [-0.1, -0.05) is 43.2 Å². The van der Waals surface area contributed by atoms with E-state index in [2.05, 4.69) is 39.8 Å². The summed E-state index contributed by atoms with van der Waals surface area (Å²) in [6.45, 7) is 4.04. The second kappa shape index (κ2) is 11.4. The van der Waals surface area contributed by atoms with Crippen molar-refractivity contribution in [1.29, 1.82) is 0 Å². The maximum Gasteiger partial charge on any atom is 0.237 e. The molecule has 2 saturated heterocycles. The van der Waals surface area contributed by atoms with E-state index in [9.17, 15) is 4.79 Å². The lowest BCUT2D eigenvalue weighted by molar-refractivity contribution is -0.123. The van der Waals surface area contributed by atoms with Crippen LogP contribution in [0.5, 0.6) is 0 Å². The van der Waals surface area contributed by atoms with Crippen molar-refractivity contribution >= 4 is 30.7 Å². The molecule has 2 aliphatic heterocycles. The Morgan fingerprint density at radius 2 is 1.86 bits per heavy atom. The van der Waals surface area contributed by atoms with Crippen LogP contribution < -0.4 is 10.6 Å². The summed E-state index contributed by atoms with van der Waals surface area (Å²) in [6, 6.07) is 11.3. The minimum atomic E-state index is -0.00999. The Hall–Kier alpha value is -0.850. The first-order valence-corrected chi connectivity index (χ1v) is 10.2. The number of hydrogen-bond acceptors (Lipinski definition) is 4. The molecule has 3 aliphatic rings. The molecule has 7 heteroatoms. The summed E-state index contributed by atoms with van der Waals surface area (Å²) in [7, 11) is 0. The van der Waals surface area contributed by atoms with E-state index >= 15 is 0 Å². The number of nitrogens with one attached hydrogen (secondary N) is 2. The van der Waals surface area contributed by atoms with Crippen molar-refractivity contribution in [2.75, 3.05) is 32.8 Å². The molecule has 1 aromatic carbocycles. The molecule has 1 saturated carbocycles. The highest BCUT2D eigenvalue weighted by atomic mass is 35.5. The van der Waals surface area contributed by atoms with Crippen LogP contribution in [-0.4, -0.2) is 55.7 Å². The maximum atomic E-state index is 12.8. The summed E-state index contributed by atoms with van der Waals surface area (Å²) in [5.74, 6) is 0.872. The highest BCUT2D eigenvalue weighted by Crippen LogP contribution is 2.33. The Bertz CT molecular complexity index is 585. The summed E-state index contributed by atoms with van der Waals surface area (Å²) < 4.78 is 5.51. The van der Waals surface area contributed by atoms with Crippen LogP contribution in [0.25, 0.3) is 0 Å². The smallest absolute Gasteiger partial charge is 0.237 e. The molecule has 2 N–H and O–H groups in total. The molecule has 158 valence electrons. The SMILES string of the molecule is Cl.Cl.O=C(NCC(c1ccccc1)N1CCOCC1)C1CC2CCCCC2N1. The number of carbonyl (C=O) groups excluding carboxylic acids is 1. The molecule has 4 unspecified atom stereocenters. The van der Waals surface area contributed by atoms with Gasteiger partial charge in [0.05, 0.1) is 25.3 Å². The molecule has 0 radical (unpaired) electrons. The lowest BCUT2D eigenvalue weighted by Crippen LogP contribution is -2.47. The topological polar surface area (TPSA) is 53.6 Å². The third-order valence-electron chi connectivity index (χ3n) is 6.32. The van der Waals surface area contributed by atoms with E-state index in [1.165, 1.54) is 31.2 Å². The van der Waals surface area contributed by atoms with Gasteiger partial charge in [0.1, 0.15) is 0 Å². The van der Waals surface area contributed by atoms with Gasteiger partial charge in [0.25, 0.3) is 0 Å². The normalized spacial score (nSPS) is 28.4. The summed E-state index contributed by atoms with van der Waals surface area (Å²) in [5, 5.41) is 6.84. The molecule has 4 atom stereocenters. The van der Waals surface area contributed by atoms with Crippen molar-refractivity contribution in [2.24, 2.45) is 5.92 Å². The van der Waals surface area contributed by atoms with E-state index in [4.69, 9.17) is 4.74 Å². The van der Waals surface area contributed by atoms with Crippen LogP contribution >= 0.6 is 24.8 Å². The second-order valence-corrected chi connectivity index (χ2v) is 7.93. The fraction of sp³-hybridized carbons (Fsp3) is 0.667. The molecule has 28 heavy (non-hydrogen) atoms. The van der Waals surface area contributed by atoms with Crippen LogP contribution in [-0.2, 0) is 9.53 Å². The number of rotatable bonds is 5. The molecule has 0 bridgehead atoms. The van der Waals surface area contributed by atoms with Gasteiger partial charge in [-0.3, -0.25) is 9.69 Å². The van der Waals surface area contributed by atoms with E-state index in [1.807, 2.05) is 6.07 Å². The number of nitrogens with zero attached hydrogens (tertiary/aromatic N) is 1. The standard InChI is InChI=1S/C21H31N3O2.2ClH/c25-21(19-14-17-8-4-5-9-18(17)23-19)22-15-20(16-6-2-1-3-7-16)24-10-12-26-13-11-24;;/h1-3,6-7,17-20,23H,4-5,8-15H2,(H,22,25);2*1H. The number of morpholine rings is 1. The van der Waals surface area contributed by atoms with Crippen LogP contribution in [0.1, 0.15) is 43.7 Å². The number of amides is 1. The van der Waals surface area contributed by atoms with Crippen molar-refractivity contribution in [2.45, 2.75) is 50.2 Å². The largest absolute Gasteiger partial charge is 0.379 e. The van der Waals surface area contributed by atoms with E-state index in [-0.39, 0.29) is 42.8 Å². The molecule has 4 rings (SSSR count). The van der Waals surface area contributed by atoms with Crippen LogP contribution in [0.15, 0.2) is 30.3 Å². The van der Waals surface area contributed by atoms with Crippen molar-refractivity contribution in [3.8, 4) is 0 Å². The highest BCUT2D eigenvalue weighted by Gasteiger charge is 2.38. The van der Waals surface area contributed by atoms with E-state index < -0.39 is 0 Å². The summed E-state index contributed by atoms with van der Waals surface area (Å²) >= 11 is 0. The Kier molecular flexibility index (Phi) is 9.51. The maximum absolute atomic E-state index is 12.8. The first kappa shape index (κ1) is 23.4. The second-order valence-electron chi connectivity index (χ2n) is 7.93. The number of hydrogen-bond donors (Lipinski definition) is 2. The lowest BCUT2D eigenvalue weighted by atomic mass is 9.85. The molecule has 2 heterocycles. The Morgan fingerprint density at radius 3 is 2.57 bits per heavy atom. The predicted octanol–water partition coefficient (Wildman–Crippen LogP) is 2.94. The molecular weight excluding hydrogens is 397 g/mol. The van der Waals surface area contributed by atoms with E-state index in [0.29, 0.717) is 18.5 Å². The van der Waals surface area contributed by atoms with Gasteiger partial charge in [0, 0.05) is 25.7 Å². The monoisotopic (exact) mass is 429 g/mol. The fourth-order valence-corrected chi connectivity index (χ4v) is 4.86. The molecule has 5 nitrogen and oxygen atoms in total. The van der Waals surface area contributed by atoms with Gasteiger partial charge in [-0.05, 0) is 30.7 Å². The van der Waals surface area contributed by atoms with E-state index in [0.717, 1.165) is 32.7 Å². The quantitative estimate of drug-likeness (QED) is 0.755. The van der Waals surface area contributed by atoms with Crippen molar-refractivity contribution in [1.82, 2.24) is 15.5 Å². The summed E-state index contributed by atoms with van der Waals surface area (Å²) in [6.07, 6.45) is 6.14. The summed E-state index contributed by atoms with van der Waals surface area (Å²) in [5.41, 5.74) is 1.27. The van der Waals surface area contributed by atoms with Crippen molar-refractivity contribution in [3.63, 3.8) is 0 Å². The fourth-order valence-electron chi connectivity index (χ4n) is 4.86. The highest BCUT2D eigenvalue weighted by molar-refractivity contribution is 5.85. The number of benzene rings is 1. The Labute approximate surface area is 180 Å². The van der Waals surface area contributed by atoms with Crippen LogP contribution in [0, 0.1) is 5.92 Å². The molecule has 1 aromatic rings. The number of fused-ring (bicyclic) bond motifs is 1. The lowest BCUT2D eigenvalue weighted by Gasteiger charge is -2.35. The summed E-state index contributed by atoms with van der Waals surface area (Å²) in [4.78, 5) is 15.2. The zero-order valence-corrected chi connectivity index (χ0v) is 18.0. The predicted molar refractivity (Wildman–Crippen MR) is 116 cm³/mol. The van der Waals surface area contributed by atoms with E-state index in [1.54, 1.807) is 0 Å². The molecule has 1 aliphatic carbocycles. The molecular formula is C21H33Cl2N3O2. The van der Waals surface area contributed by atoms with Crippen molar-refractivity contribution in [3.05, 3.63) is 35.9 Å². The van der Waals surface area contributed by atoms with Gasteiger partial charge >= 0.3 is 0 Å². The Balaban J connectivity index is 0.00000140. The van der Waals surface area contributed by atoms with Gasteiger partial charge in [-0.15, -0.1) is 24.8 Å². The first-order chi connectivity index (χ1) is 12.8. The van der Waals surface area contributed by atoms with Crippen LogP contribution in [0.3, 0.4) is 0 Å². The number of carbonyl (C=O) groups is 1. The molecule has 0 spiro atoms. The minimum Gasteiger partial charge on any atom is -0.379 e. The number of ether oxygens (including phenoxy) is 1. The van der Waals surface area contributed by atoms with Crippen LogP contribution in [0.2, 0.25) is 0 Å². The van der Waals surface area contributed by atoms with Gasteiger partial charge in [-0.2, -0.15) is 0 Å². The number of halogens is 2. The zero-order chi connectivity index (χ0) is 17.8. The molecule has 3 fully saturated rings. The first-order valence-electron chi connectivity index (χ1n) is 10.2. The van der Waals surface area contributed by atoms with Gasteiger partial charge in [-0.25, -0.2) is 0 Å². The third-order valence-corrected chi connectivity index (χ3v) is 6.32. The van der Waals surface area contributed by atoms with Gasteiger partial charge < -0.3 is 15.4 Å². The van der Waals surface area contributed by atoms with Crippen molar-refractivity contribution < 1.29 is 9.53 Å². The third kappa shape index (κ3) is 5.61. The van der Waals surface area contributed by atoms with Crippen LogP contribution in [0.4, 0.5) is 0 Å². The molecule has 1 amide bonds. The Morgan fingerprint density at radius 1 is 1.14 bits per heavy atom. The van der Waals surface area contributed by atoms with Gasteiger partial charge in [0.2, 0.25) is 5.91 Å².